The van der Waals surface area contributed by atoms with Gasteiger partial charge in [-0.25, -0.2) is 0 Å². The first-order valence-corrected chi connectivity index (χ1v) is 16.5. The summed E-state index contributed by atoms with van der Waals surface area (Å²) in [7, 11) is 0. The van der Waals surface area contributed by atoms with Crippen molar-refractivity contribution >= 4 is 11.4 Å². The molecule has 0 aliphatic heterocycles. The van der Waals surface area contributed by atoms with Crippen molar-refractivity contribution in [1.82, 2.24) is 0 Å². The van der Waals surface area contributed by atoms with E-state index in [-0.39, 0.29) is 6.10 Å². The van der Waals surface area contributed by atoms with Crippen LogP contribution >= 0.6 is 0 Å². The second-order valence-corrected chi connectivity index (χ2v) is 14.7. The van der Waals surface area contributed by atoms with Crippen molar-refractivity contribution < 1.29 is 4.74 Å². The van der Waals surface area contributed by atoms with Gasteiger partial charge < -0.3 is 16.2 Å². The molecule has 0 bridgehead atoms. The Labute approximate surface area is 240 Å². The van der Waals surface area contributed by atoms with E-state index in [2.05, 4.69) is 54.5 Å². The number of benzene rings is 1. The zero-order chi connectivity index (χ0) is 28.4. The van der Waals surface area contributed by atoms with E-state index in [1.807, 2.05) is 18.2 Å². The van der Waals surface area contributed by atoms with Crippen molar-refractivity contribution in [2.75, 3.05) is 11.5 Å². The second kappa shape index (κ2) is 12.5. The number of allylic oxidation sites excluding steroid dienone is 2. The molecular weight excluding hydrogens is 476 g/mol. The van der Waals surface area contributed by atoms with Crippen LogP contribution in [0.25, 0.3) is 0 Å². The Morgan fingerprint density at radius 1 is 0.974 bits per heavy atom. The smallest absolute Gasteiger partial charge is 0.142 e. The number of hydrogen-bond donors (Lipinski definition) is 2. The van der Waals surface area contributed by atoms with Crippen LogP contribution in [-0.2, 0) is 0 Å². The van der Waals surface area contributed by atoms with Crippen molar-refractivity contribution in [3.05, 3.63) is 29.8 Å². The number of nitrogen functional groups attached to an aromatic ring is 2. The maximum absolute atomic E-state index is 6.46. The Morgan fingerprint density at radius 2 is 1.67 bits per heavy atom. The minimum Gasteiger partial charge on any atom is -0.488 e. The Morgan fingerprint density at radius 3 is 2.36 bits per heavy atom. The summed E-state index contributed by atoms with van der Waals surface area (Å²) in [5.74, 6) is 6.20. The number of rotatable bonds is 6. The number of nitrogens with two attached hydrogens (primary N) is 2. The molecule has 220 valence electrons. The summed E-state index contributed by atoms with van der Waals surface area (Å²) in [4.78, 5) is 0. The molecule has 0 aromatic heterocycles. The van der Waals surface area contributed by atoms with E-state index in [1.165, 1.54) is 76.2 Å². The van der Waals surface area contributed by atoms with Gasteiger partial charge >= 0.3 is 0 Å². The molecule has 0 spiro atoms. The lowest BCUT2D eigenvalue weighted by atomic mass is 9.44. The third kappa shape index (κ3) is 6.18. The van der Waals surface area contributed by atoms with Crippen LogP contribution in [0, 0.1) is 46.3 Å². The van der Waals surface area contributed by atoms with Gasteiger partial charge in [-0.15, -0.1) is 0 Å². The molecule has 9 unspecified atom stereocenters. The second-order valence-electron chi connectivity index (χ2n) is 14.7. The first kappa shape index (κ1) is 30.3. The van der Waals surface area contributed by atoms with E-state index in [4.69, 9.17) is 16.2 Å². The Bertz CT molecular complexity index is 982. The van der Waals surface area contributed by atoms with E-state index < -0.39 is 0 Å². The highest BCUT2D eigenvalue weighted by Crippen LogP contribution is 2.68. The van der Waals surface area contributed by atoms with Crippen LogP contribution in [0.4, 0.5) is 11.4 Å². The molecule has 39 heavy (non-hydrogen) atoms. The van der Waals surface area contributed by atoms with Crippen molar-refractivity contribution in [3.8, 4) is 5.75 Å². The average Bonchev–Trinajstić information content (AvgIpc) is 3.23. The van der Waals surface area contributed by atoms with Crippen molar-refractivity contribution in [3.63, 3.8) is 0 Å². The molecule has 4 saturated carbocycles. The van der Waals surface area contributed by atoms with Crippen LogP contribution in [0.1, 0.15) is 126 Å². The SMILES string of the molecule is CC(C)=CCCC(C)C1CCC2C3CCC4CC(Oc5ccc(N)cc5N)CCC4(C)C3CCC12C.CCC. The summed E-state index contributed by atoms with van der Waals surface area (Å²) in [5, 5.41) is 0. The van der Waals surface area contributed by atoms with Gasteiger partial charge in [0.25, 0.3) is 0 Å². The van der Waals surface area contributed by atoms with Crippen LogP contribution in [0.5, 0.6) is 5.75 Å². The monoisotopic (exact) mass is 536 g/mol. The van der Waals surface area contributed by atoms with E-state index in [0.29, 0.717) is 22.2 Å². The highest BCUT2D eigenvalue weighted by atomic mass is 16.5. The molecule has 0 heterocycles. The molecular formula is C36H60N2O. The van der Waals surface area contributed by atoms with Gasteiger partial charge in [-0.05, 0) is 149 Å². The van der Waals surface area contributed by atoms with Gasteiger partial charge in [0.05, 0.1) is 11.8 Å². The summed E-state index contributed by atoms with van der Waals surface area (Å²) >= 11 is 0. The topological polar surface area (TPSA) is 61.3 Å². The minimum atomic E-state index is 0.289. The van der Waals surface area contributed by atoms with Gasteiger partial charge in [0, 0.05) is 5.69 Å². The normalized spacial score (nSPS) is 37.8. The fourth-order valence-electron chi connectivity index (χ4n) is 9.99. The maximum atomic E-state index is 6.46. The third-order valence-corrected chi connectivity index (χ3v) is 11.9. The van der Waals surface area contributed by atoms with Gasteiger partial charge in [0.2, 0.25) is 0 Å². The summed E-state index contributed by atoms with van der Waals surface area (Å²) < 4.78 is 6.46. The highest BCUT2D eigenvalue weighted by Gasteiger charge is 2.60. The zero-order valence-corrected chi connectivity index (χ0v) is 26.4. The lowest BCUT2D eigenvalue weighted by molar-refractivity contribution is -0.126. The molecule has 0 saturated heterocycles. The van der Waals surface area contributed by atoms with E-state index in [0.717, 1.165) is 47.7 Å². The van der Waals surface area contributed by atoms with Gasteiger partial charge in [0.1, 0.15) is 5.75 Å². The molecule has 5 rings (SSSR count). The summed E-state index contributed by atoms with van der Waals surface area (Å²) in [6, 6.07) is 5.68. The maximum Gasteiger partial charge on any atom is 0.142 e. The lowest BCUT2D eigenvalue weighted by Crippen LogP contribution is -2.54. The highest BCUT2D eigenvalue weighted by molar-refractivity contribution is 5.60. The molecule has 0 radical (unpaired) electrons. The Kier molecular flexibility index (Phi) is 9.70. The molecule has 4 fully saturated rings. The molecule has 9 atom stereocenters. The standard InChI is InChI=1S/C33H52N2O.C3H8/c1-21(2)7-6-8-22(3)27-12-13-28-26-11-9-23-19-25(36-31-14-10-24(34)20-30(31)35)15-17-32(23,4)29(26)16-18-33(27,28)5;1-3-2/h7,10,14,20,22-23,25-29H,6,8-9,11-13,15-19,34-35H2,1-5H3;3H2,1-2H3. The fraction of sp³-hybridized carbons (Fsp3) is 0.778. The number of hydrogen-bond acceptors (Lipinski definition) is 3. The Hall–Kier alpha value is -1.64. The van der Waals surface area contributed by atoms with E-state index in [9.17, 15) is 0 Å². The van der Waals surface area contributed by atoms with Crippen molar-refractivity contribution in [1.29, 1.82) is 0 Å². The Balaban J connectivity index is 0.00000112. The molecule has 3 heteroatoms. The van der Waals surface area contributed by atoms with Gasteiger partial charge in [0.15, 0.2) is 0 Å². The summed E-state index contributed by atoms with van der Waals surface area (Å²) in [6.07, 6.45) is 19.0. The number of anilines is 2. The largest absolute Gasteiger partial charge is 0.488 e. The van der Waals surface area contributed by atoms with Crippen LogP contribution in [0.2, 0.25) is 0 Å². The molecule has 1 aromatic rings. The predicted molar refractivity (Wildman–Crippen MR) is 169 cm³/mol. The predicted octanol–water partition coefficient (Wildman–Crippen LogP) is 10.1. The molecule has 4 aliphatic rings. The summed E-state index contributed by atoms with van der Waals surface area (Å²) in [6.45, 7) is 16.7. The zero-order valence-electron chi connectivity index (χ0n) is 26.4. The lowest BCUT2D eigenvalue weighted by Gasteiger charge is -2.61. The number of fused-ring (bicyclic) bond motifs is 5. The number of ether oxygens (including phenoxy) is 1. The van der Waals surface area contributed by atoms with E-state index >= 15 is 0 Å². The van der Waals surface area contributed by atoms with Gasteiger partial charge in [-0.3, -0.25) is 0 Å². The first-order valence-electron chi connectivity index (χ1n) is 16.5. The molecule has 0 amide bonds. The van der Waals surface area contributed by atoms with Crippen molar-refractivity contribution in [2.24, 2.45) is 46.3 Å². The summed E-state index contributed by atoms with van der Waals surface area (Å²) in [5.41, 5.74) is 16.0. The fourth-order valence-corrected chi connectivity index (χ4v) is 9.99. The van der Waals surface area contributed by atoms with Crippen molar-refractivity contribution in [2.45, 2.75) is 132 Å². The van der Waals surface area contributed by atoms with Crippen LogP contribution in [0.15, 0.2) is 29.8 Å². The van der Waals surface area contributed by atoms with Crippen LogP contribution in [-0.4, -0.2) is 6.10 Å². The molecule has 1 aromatic carbocycles. The molecule has 4 aliphatic carbocycles. The molecule has 4 N–H and O–H groups in total. The van der Waals surface area contributed by atoms with Gasteiger partial charge in [-0.1, -0.05) is 52.7 Å². The van der Waals surface area contributed by atoms with E-state index in [1.54, 1.807) is 0 Å². The quantitative estimate of drug-likeness (QED) is 0.281. The average molecular weight is 537 g/mol. The van der Waals surface area contributed by atoms with Crippen LogP contribution in [0.3, 0.4) is 0 Å². The first-order chi connectivity index (χ1) is 18.5. The van der Waals surface area contributed by atoms with Gasteiger partial charge in [-0.2, -0.15) is 0 Å². The van der Waals surface area contributed by atoms with Crippen LogP contribution < -0.4 is 16.2 Å². The third-order valence-electron chi connectivity index (χ3n) is 11.9. The molecule has 3 nitrogen and oxygen atoms in total. The minimum absolute atomic E-state index is 0.289.